The van der Waals surface area contributed by atoms with E-state index in [2.05, 4.69) is 49.6 Å². The molecule has 0 saturated carbocycles. The van der Waals surface area contributed by atoms with Crippen molar-refractivity contribution in [1.29, 1.82) is 0 Å². The predicted octanol–water partition coefficient (Wildman–Crippen LogP) is 5.10. The van der Waals surface area contributed by atoms with Crippen molar-refractivity contribution in [3.8, 4) is 22.8 Å². The van der Waals surface area contributed by atoms with Crippen molar-refractivity contribution in [3.63, 3.8) is 0 Å². The number of ether oxygens (including phenoxy) is 3. The molecule has 0 atom stereocenters. The summed E-state index contributed by atoms with van der Waals surface area (Å²) in [5.41, 5.74) is 5.86. The van der Waals surface area contributed by atoms with Crippen molar-refractivity contribution in [2.24, 2.45) is 0 Å². The van der Waals surface area contributed by atoms with E-state index in [9.17, 15) is 0 Å². The number of fused-ring (bicyclic) bond motifs is 1. The van der Waals surface area contributed by atoms with Gasteiger partial charge in [0.1, 0.15) is 17.8 Å². The number of hydrogen-bond acceptors (Lipinski definition) is 9. The molecule has 0 aliphatic carbocycles. The number of aryl methyl sites for hydroxylation is 1. The van der Waals surface area contributed by atoms with Gasteiger partial charge in [0.15, 0.2) is 11.5 Å². The Kier molecular flexibility index (Phi) is 8.53. The molecule has 10 heteroatoms. The minimum absolute atomic E-state index is 0.586. The number of rotatable bonds is 11. The van der Waals surface area contributed by atoms with Gasteiger partial charge >= 0.3 is 0 Å². The van der Waals surface area contributed by atoms with Gasteiger partial charge in [-0.25, -0.2) is 14.6 Å². The Labute approximate surface area is 245 Å². The molecule has 1 aliphatic rings. The lowest BCUT2D eigenvalue weighted by Crippen LogP contribution is -2.37. The van der Waals surface area contributed by atoms with Crippen LogP contribution in [-0.2, 0) is 11.3 Å². The smallest absolute Gasteiger partial charge is 0.162 e. The van der Waals surface area contributed by atoms with Gasteiger partial charge in [-0.3, -0.25) is 4.90 Å². The molecule has 42 heavy (non-hydrogen) atoms. The van der Waals surface area contributed by atoms with E-state index in [1.165, 1.54) is 11.1 Å². The lowest BCUT2D eigenvalue weighted by molar-refractivity contribution is 0.0357. The summed E-state index contributed by atoms with van der Waals surface area (Å²) in [6.45, 7) is 7.88. The molecule has 6 rings (SSSR count). The third-order valence-corrected chi connectivity index (χ3v) is 7.45. The summed E-state index contributed by atoms with van der Waals surface area (Å²) in [5.74, 6) is 2.00. The van der Waals surface area contributed by atoms with Crippen LogP contribution in [0.4, 0.5) is 11.5 Å². The normalized spacial score (nSPS) is 13.8. The molecule has 0 radical (unpaired) electrons. The SMILES string of the molecule is COc1cc2ncnc(Nc3cccc(-c4cn(Cc5ccccc5C)nn4)c3)c2cc1OCCCN1CCOCC1. The van der Waals surface area contributed by atoms with Gasteiger partial charge in [0.2, 0.25) is 0 Å². The quantitative estimate of drug-likeness (QED) is 0.219. The fraction of sp³-hybridized carbons (Fsp3) is 0.312. The molecule has 1 N–H and O–H groups in total. The van der Waals surface area contributed by atoms with Gasteiger partial charge in [0, 0.05) is 42.3 Å². The minimum Gasteiger partial charge on any atom is -0.493 e. The summed E-state index contributed by atoms with van der Waals surface area (Å²) in [6.07, 6.45) is 4.44. The Morgan fingerprint density at radius 3 is 2.71 bits per heavy atom. The van der Waals surface area contributed by atoms with Gasteiger partial charge in [-0.05, 0) is 42.7 Å². The van der Waals surface area contributed by atoms with Crippen molar-refractivity contribution >= 4 is 22.4 Å². The van der Waals surface area contributed by atoms with Crippen LogP contribution >= 0.6 is 0 Å². The third kappa shape index (κ3) is 6.50. The molecular formula is C32H35N7O3. The molecule has 0 unspecified atom stereocenters. The first kappa shape index (κ1) is 27.6. The van der Waals surface area contributed by atoms with E-state index >= 15 is 0 Å². The summed E-state index contributed by atoms with van der Waals surface area (Å²) in [6, 6.07) is 20.2. The highest BCUT2D eigenvalue weighted by atomic mass is 16.5. The van der Waals surface area contributed by atoms with Crippen molar-refractivity contribution in [3.05, 3.63) is 84.3 Å². The highest BCUT2D eigenvalue weighted by Gasteiger charge is 2.14. The molecule has 0 amide bonds. The number of anilines is 2. The lowest BCUT2D eigenvalue weighted by Gasteiger charge is -2.26. The molecule has 1 aliphatic heterocycles. The van der Waals surface area contributed by atoms with Crippen LogP contribution in [0.5, 0.6) is 11.5 Å². The predicted molar refractivity (Wildman–Crippen MR) is 162 cm³/mol. The van der Waals surface area contributed by atoms with Crippen molar-refractivity contribution in [1.82, 2.24) is 29.9 Å². The standard InChI is InChI=1S/C32H35N7O3/c1-23-7-3-4-8-25(23)20-39-21-29(36-37-39)24-9-5-10-26(17-24)35-32-27-18-31(30(40-2)19-28(27)33-22-34-32)42-14-6-11-38-12-15-41-16-13-38/h3-5,7-10,17-19,21-22H,6,11-16,20H2,1-2H3,(H,33,34,35). The second-order valence-electron chi connectivity index (χ2n) is 10.3. The molecule has 0 spiro atoms. The molecular weight excluding hydrogens is 530 g/mol. The molecule has 5 aromatic rings. The Bertz CT molecular complexity index is 1650. The van der Waals surface area contributed by atoms with Crippen LogP contribution in [0.2, 0.25) is 0 Å². The van der Waals surface area contributed by atoms with Crippen molar-refractivity contribution in [2.75, 3.05) is 51.9 Å². The molecule has 1 saturated heterocycles. The molecule has 216 valence electrons. The van der Waals surface area contributed by atoms with Crippen LogP contribution < -0.4 is 14.8 Å². The van der Waals surface area contributed by atoms with E-state index in [4.69, 9.17) is 14.2 Å². The number of nitrogens with one attached hydrogen (secondary N) is 1. The van der Waals surface area contributed by atoms with Crippen LogP contribution in [0.15, 0.2) is 73.2 Å². The number of hydrogen-bond donors (Lipinski definition) is 1. The highest BCUT2D eigenvalue weighted by molar-refractivity contribution is 5.93. The molecule has 3 aromatic carbocycles. The van der Waals surface area contributed by atoms with Crippen LogP contribution in [-0.4, -0.2) is 76.4 Å². The third-order valence-electron chi connectivity index (χ3n) is 7.45. The molecule has 2 aromatic heterocycles. The number of benzene rings is 3. The monoisotopic (exact) mass is 565 g/mol. The van der Waals surface area contributed by atoms with E-state index in [1.54, 1.807) is 13.4 Å². The average molecular weight is 566 g/mol. The van der Waals surface area contributed by atoms with Gasteiger partial charge in [0.25, 0.3) is 0 Å². The number of morpholine rings is 1. The van der Waals surface area contributed by atoms with Crippen molar-refractivity contribution in [2.45, 2.75) is 19.9 Å². The van der Waals surface area contributed by atoms with Gasteiger partial charge in [0.05, 0.1) is 45.2 Å². The van der Waals surface area contributed by atoms with Gasteiger partial charge in [-0.1, -0.05) is 41.6 Å². The molecule has 3 heterocycles. The van der Waals surface area contributed by atoms with Gasteiger partial charge in [-0.15, -0.1) is 5.10 Å². The van der Waals surface area contributed by atoms with E-state index in [0.717, 1.165) is 67.1 Å². The van der Waals surface area contributed by atoms with Crippen molar-refractivity contribution < 1.29 is 14.2 Å². The van der Waals surface area contributed by atoms with Crippen LogP contribution in [0, 0.1) is 6.92 Å². The zero-order chi connectivity index (χ0) is 28.7. The zero-order valence-corrected chi connectivity index (χ0v) is 24.0. The van der Waals surface area contributed by atoms with E-state index in [1.807, 2.05) is 59.4 Å². The Morgan fingerprint density at radius 1 is 0.976 bits per heavy atom. The maximum atomic E-state index is 6.18. The maximum Gasteiger partial charge on any atom is 0.162 e. The first-order valence-electron chi connectivity index (χ1n) is 14.2. The second-order valence-corrected chi connectivity index (χ2v) is 10.3. The largest absolute Gasteiger partial charge is 0.493 e. The van der Waals surface area contributed by atoms with E-state index < -0.39 is 0 Å². The highest BCUT2D eigenvalue weighted by Crippen LogP contribution is 2.35. The Hall–Kier alpha value is -4.54. The fourth-order valence-electron chi connectivity index (χ4n) is 5.09. The number of aromatic nitrogens is 5. The van der Waals surface area contributed by atoms with Gasteiger partial charge in [-0.2, -0.15) is 0 Å². The molecule has 0 bridgehead atoms. The van der Waals surface area contributed by atoms with E-state index in [0.29, 0.717) is 30.5 Å². The van der Waals surface area contributed by atoms with Crippen LogP contribution in [0.1, 0.15) is 17.5 Å². The number of nitrogens with zero attached hydrogens (tertiary/aromatic N) is 6. The first-order valence-corrected chi connectivity index (χ1v) is 14.2. The Balaban J connectivity index is 1.17. The topological polar surface area (TPSA) is 99.5 Å². The summed E-state index contributed by atoms with van der Waals surface area (Å²) < 4.78 is 19.1. The number of methoxy groups -OCH3 is 1. The molecule has 1 fully saturated rings. The summed E-state index contributed by atoms with van der Waals surface area (Å²) in [5, 5.41) is 13.1. The molecule has 10 nitrogen and oxygen atoms in total. The van der Waals surface area contributed by atoms with E-state index in [-0.39, 0.29) is 0 Å². The van der Waals surface area contributed by atoms with Crippen LogP contribution in [0.3, 0.4) is 0 Å². The summed E-state index contributed by atoms with van der Waals surface area (Å²) in [4.78, 5) is 11.4. The lowest BCUT2D eigenvalue weighted by atomic mass is 10.1. The first-order chi connectivity index (χ1) is 20.7. The fourth-order valence-corrected chi connectivity index (χ4v) is 5.09. The van der Waals surface area contributed by atoms with Crippen LogP contribution in [0.25, 0.3) is 22.2 Å². The minimum atomic E-state index is 0.586. The average Bonchev–Trinajstić information content (AvgIpc) is 3.50. The summed E-state index contributed by atoms with van der Waals surface area (Å²) in [7, 11) is 1.64. The zero-order valence-electron chi connectivity index (χ0n) is 24.0. The maximum absolute atomic E-state index is 6.18. The second kappa shape index (κ2) is 13.0. The summed E-state index contributed by atoms with van der Waals surface area (Å²) >= 11 is 0. The Morgan fingerprint density at radius 2 is 1.86 bits per heavy atom. The van der Waals surface area contributed by atoms with Gasteiger partial charge < -0.3 is 19.5 Å².